The van der Waals surface area contributed by atoms with Crippen molar-refractivity contribution in [2.45, 2.75) is 96.6 Å². The molecule has 0 bridgehead atoms. The summed E-state index contributed by atoms with van der Waals surface area (Å²) in [5.74, 6) is 2.32. The fraction of sp³-hybridized carbons (Fsp3) is 0.509. The zero-order valence-electron chi connectivity index (χ0n) is 42.4. The smallest absolute Gasteiger partial charge is 0.220 e. The molecule has 2 aliphatic carbocycles. The zero-order valence-corrected chi connectivity index (χ0v) is 42.4. The molecule has 4 aromatic carbocycles. The van der Waals surface area contributed by atoms with Crippen LogP contribution in [0.2, 0.25) is 0 Å². The van der Waals surface area contributed by atoms with Crippen LogP contribution in [0.1, 0.15) is 75.6 Å². The van der Waals surface area contributed by atoms with Gasteiger partial charge in [-0.15, -0.1) is 0 Å². The van der Waals surface area contributed by atoms with Crippen LogP contribution in [0.4, 0.5) is 11.4 Å². The number of ether oxygens (including phenoxy) is 3. The minimum atomic E-state index is -0.0655. The highest BCUT2D eigenvalue weighted by Crippen LogP contribution is 2.44. The first-order valence-corrected chi connectivity index (χ1v) is 26.7. The van der Waals surface area contributed by atoms with Gasteiger partial charge in [-0.1, -0.05) is 12.1 Å². The Labute approximate surface area is 422 Å². The highest BCUT2D eigenvalue weighted by Gasteiger charge is 2.34. The molecule has 72 heavy (non-hydrogen) atoms. The van der Waals surface area contributed by atoms with Gasteiger partial charge in [0.1, 0.15) is 34.7 Å². The lowest BCUT2D eigenvalue weighted by Crippen LogP contribution is -2.56. The molecule has 4 atom stereocenters. The van der Waals surface area contributed by atoms with Gasteiger partial charge in [0.05, 0.1) is 42.9 Å². The molecule has 2 amide bonds. The summed E-state index contributed by atoms with van der Waals surface area (Å²) >= 11 is 0. The number of imidazole rings is 2. The molecule has 13 rings (SSSR count). The SMILES string of the molecule is Cc1cc(-c2cc(O[C@H](C)[C@H]3CNC(=O)C3)c3c(c2)ncn3C2CC2)ccc1N1CCN(C2COC2)CC1.Cc1cc(-c2cc(O[C@H](C)[C@H]3CNC(=O)C3)c3c(c2)ncn3C2CC2)ccc1N1CCNCC1. The number of piperazine rings is 2. The monoisotopic (exact) mass is 975 g/mol. The number of hydrogen-bond donors (Lipinski definition) is 3. The zero-order chi connectivity index (χ0) is 49.0. The Hall–Kier alpha value is -6.16. The summed E-state index contributed by atoms with van der Waals surface area (Å²) in [4.78, 5) is 40.7. The Balaban J connectivity index is 0.000000148. The number of aromatic nitrogens is 4. The highest BCUT2D eigenvalue weighted by molar-refractivity contribution is 5.90. The van der Waals surface area contributed by atoms with Gasteiger partial charge in [0.25, 0.3) is 0 Å². The maximum absolute atomic E-state index is 11.8. The maximum Gasteiger partial charge on any atom is 0.220 e. The van der Waals surface area contributed by atoms with Crippen LogP contribution < -0.4 is 35.2 Å². The van der Waals surface area contributed by atoms with Gasteiger partial charge in [0, 0.05) is 114 Å². The van der Waals surface area contributed by atoms with Crippen molar-refractivity contribution in [2.24, 2.45) is 11.8 Å². The number of benzene rings is 4. The second kappa shape index (κ2) is 19.7. The molecule has 7 fully saturated rings. The molecule has 0 unspecified atom stereocenters. The first kappa shape index (κ1) is 46.9. The number of nitrogens with one attached hydrogen (secondary N) is 3. The van der Waals surface area contributed by atoms with Crippen LogP contribution in [-0.4, -0.2) is 133 Å². The van der Waals surface area contributed by atoms with E-state index in [0.29, 0.717) is 44.1 Å². The molecule has 5 aliphatic heterocycles. The van der Waals surface area contributed by atoms with Crippen molar-refractivity contribution in [3.05, 3.63) is 84.4 Å². The Bertz CT molecular complexity index is 2980. The van der Waals surface area contributed by atoms with E-state index in [1.165, 1.54) is 59.3 Å². The van der Waals surface area contributed by atoms with E-state index in [1.807, 2.05) is 12.7 Å². The van der Waals surface area contributed by atoms with E-state index >= 15 is 0 Å². The second-order valence-electron chi connectivity index (χ2n) is 21.6. The van der Waals surface area contributed by atoms with Gasteiger partial charge in [-0.3, -0.25) is 14.5 Å². The van der Waals surface area contributed by atoms with Crippen molar-refractivity contribution >= 4 is 45.3 Å². The van der Waals surface area contributed by atoms with E-state index in [4.69, 9.17) is 24.2 Å². The topological polar surface area (TPSA) is 143 Å². The largest absolute Gasteiger partial charge is 0.488 e. The summed E-state index contributed by atoms with van der Waals surface area (Å²) < 4.78 is 23.1. The van der Waals surface area contributed by atoms with Crippen molar-refractivity contribution in [2.75, 3.05) is 88.5 Å². The molecule has 0 radical (unpaired) electrons. The standard InChI is InChI=1S/C30H37N5O3.C27H33N5O2/c1-19-11-21(3-6-27(19)34-9-7-33(8-10-34)25-16-37-17-25)22-12-26-30(35(18-32-26)24-4-5-24)28(13-22)38-20(2)23-14-29(36)31-15-23;1-17-11-19(3-6-24(17)31-9-7-28-8-10-31)20-12-23-27(32(16-30-23)22-4-5-22)25(13-20)34-18(2)21-14-26(33)29-15-21/h3,6,11-13,18,20,23-25H,4-5,7-10,14-17H2,1-2H3,(H,31,36);3,6,11-13,16,18,21-22,28H,4-5,7-10,14-15H2,1-2H3,(H,29,33)/t20-,23-;18-,21-/m11/s1. The first-order chi connectivity index (χ1) is 35.1. The number of carbonyl (C=O) groups excluding carboxylic acids is 2. The van der Waals surface area contributed by atoms with Crippen LogP contribution in [0, 0.1) is 25.7 Å². The van der Waals surface area contributed by atoms with Crippen molar-refractivity contribution in [1.82, 2.24) is 40.0 Å². The van der Waals surface area contributed by atoms with Gasteiger partial charge in [-0.05, 0) is 135 Å². The summed E-state index contributed by atoms with van der Waals surface area (Å²) in [7, 11) is 0. The number of fused-ring (bicyclic) bond motifs is 2. The van der Waals surface area contributed by atoms with Crippen LogP contribution in [0.3, 0.4) is 0 Å². The van der Waals surface area contributed by atoms with E-state index in [-0.39, 0.29) is 35.9 Å². The lowest BCUT2D eigenvalue weighted by molar-refractivity contribution is -0.120. The molecule has 7 heterocycles. The summed E-state index contributed by atoms with van der Waals surface area (Å²) in [6.07, 6.45) is 9.61. The third kappa shape index (κ3) is 9.62. The van der Waals surface area contributed by atoms with E-state index in [0.717, 1.165) is 110 Å². The minimum Gasteiger partial charge on any atom is -0.488 e. The van der Waals surface area contributed by atoms with Gasteiger partial charge in [0.15, 0.2) is 0 Å². The number of rotatable bonds is 13. The number of anilines is 2. The Morgan fingerprint density at radius 2 is 1.06 bits per heavy atom. The third-order valence-corrected chi connectivity index (χ3v) is 16.4. The molecule has 15 nitrogen and oxygen atoms in total. The summed E-state index contributed by atoms with van der Waals surface area (Å²) in [5, 5.41) is 9.32. The predicted octanol–water partition coefficient (Wildman–Crippen LogP) is 7.43. The quantitative estimate of drug-likeness (QED) is 0.106. The van der Waals surface area contributed by atoms with E-state index in [9.17, 15) is 9.59 Å². The fourth-order valence-electron chi connectivity index (χ4n) is 11.6. The van der Waals surface area contributed by atoms with Gasteiger partial charge in [-0.25, -0.2) is 9.97 Å². The van der Waals surface area contributed by atoms with Crippen molar-refractivity contribution in [3.8, 4) is 33.8 Å². The number of aryl methyl sites for hydroxylation is 2. The van der Waals surface area contributed by atoms with Crippen molar-refractivity contribution in [1.29, 1.82) is 0 Å². The predicted molar refractivity (Wildman–Crippen MR) is 282 cm³/mol. The molecule has 7 aliphatic rings. The second-order valence-corrected chi connectivity index (χ2v) is 21.6. The molecule has 3 N–H and O–H groups in total. The van der Waals surface area contributed by atoms with Crippen LogP contribution >= 0.6 is 0 Å². The van der Waals surface area contributed by atoms with Crippen molar-refractivity contribution < 1.29 is 23.8 Å². The first-order valence-electron chi connectivity index (χ1n) is 26.7. The summed E-state index contributed by atoms with van der Waals surface area (Å²) in [6.45, 7) is 20.1. The number of nitrogens with zero attached hydrogens (tertiary/aromatic N) is 7. The molecule has 2 saturated carbocycles. The third-order valence-electron chi connectivity index (χ3n) is 16.4. The lowest BCUT2D eigenvalue weighted by Gasteiger charge is -2.43. The minimum absolute atomic E-state index is 0.0585. The van der Waals surface area contributed by atoms with Crippen LogP contribution in [0.5, 0.6) is 11.5 Å². The van der Waals surface area contributed by atoms with Gasteiger partial charge in [0.2, 0.25) is 11.8 Å². The van der Waals surface area contributed by atoms with E-state index in [1.54, 1.807) is 0 Å². The summed E-state index contributed by atoms with van der Waals surface area (Å²) in [5.41, 5.74) is 13.9. The lowest BCUT2D eigenvalue weighted by atomic mass is 10.00. The molecule has 15 heteroatoms. The molecule has 2 aromatic heterocycles. The molecular weight excluding hydrogens is 905 g/mol. The highest BCUT2D eigenvalue weighted by atomic mass is 16.5. The van der Waals surface area contributed by atoms with Crippen molar-refractivity contribution in [3.63, 3.8) is 0 Å². The summed E-state index contributed by atoms with van der Waals surface area (Å²) in [6, 6.07) is 23.9. The Morgan fingerprint density at radius 1 is 0.583 bits per heavy atom. The van der Waals surface area contributed by atoms with Gasteiger partial charge >= 0.3 is 0 Å². The molecule has 0 spiro atoms. The molecular formula is C57H70N10O5. The van der Waals surface area contributed by atoms with Gasteiger partial charge in [-0.2, -0.15) is 0 Å². The number of carbonyl (C=O) groups is 2. The molecule has 378 valence electrons. The van der Waals surface area contributed by atoms with Gasteiger partial charge < -0.3 is 49.1 Å². The Kier molecular flexibility index (Phi) is 12.8. The molecule has 5 saturated heterocycles. The van der Waals surface area contributed by atoms with Crippen LogP contribution in [-0.2, 0) is 14.3 Å². The van der Waals surface area contributed by atoms with E-state index < -0.39 is 0 Å². The average Bonchev–Trinajstić information content (AvgIpc) is 4.20. The number of amides is 2. The normalized spacial score (nSPS) is 22.6. The van der Waals surface area contributed by atoms with Crippen LogP contribution in [0.15, 0.2) is 73.3 Å². The fourth-order valence-corrected chi connectivity index (χ4v) is 11.6. The Morgan fingerprint density at radius 3 is 1.46 bits per heavy atom. The number of hydrogen-bond acceptors (Lipinski definition) is 11. The maximum atomic E-state index is 11.8. The van der Waals surface area contributed by atoms with E-state index in [2.05, 4.69) is 128 Å². The van der Waals surface area contributed by atoms with Crippen LogP contribution in [0.25, 0.3) is 44.3 Å². The average molecular weight is 975 g/mol. The molecule has 6 aromatic rings.